The Labute approximate surface area is 162 Å². The summed E-state index contributed by atoms with van der Waals surface area (Å²) in [5, 5.41) is 4.31. The lowest BCUT2D eigenvalue weighted by Gasteiger charge is -2.16. The number of pyridine rings is 2. The van der Waals surface area contributed by atoms with E-state index in [9.17, 15) is 4.79 Å². The molecule has 1 amide bonds. The summed E-state index contributed by atoms with van der Waals surface area (Å²) in [7, 11) is 0. The van der Waals surface area contributed by atoms with Crippen molar-refractivity contribution in [3.05, 3.63) is 96.1 Å². The van der Waals surface area contributed by atoms with Gasteiger partial charge in [0.25, 0.3) is 5.91 Å². The second-order valence-corrected chi connectivity index (χ2v) is 6.30. The van der Waals surface area contributed by atoms with E-state index in [4.69, 9.17) is 5.73 Å². The van der Waals surface area contributed by atoms with E-state index < -0.39 is 5.91 Å². The number of carbonyl (C=O) groups is 1. The molecule has 4 aromatic rings. The minimum atomic E-state index is -0.502. The lowest BCUT2D eigenvalue weighted by atomic mass is 9.98. The standard InChI is InChI=1S/C22H19N5O/c23-21(28)19(16-7-2-1-3-8-16)20(26-13-15-6-4-10-24-12-15)18-14-27-22-17(18)9-5-11-25-22/h1-12,14,26H,13H2,(H2,23,28)(H,25,27). The van der Waals surface area contributed by atoms with Crippen LogP contribution < -0.4 is 11.1 Å². The number of nitrogens with zero attached hydrogens (tertiary/aromatic N) is 2. The zero-order valence-electron chi connectivity index (χ0n) is 15.1. The van der Waals surface area contributed by atoms with E-state index in [1.807, 2.05) is 60.8 Å². The summed E-state index contributed by atoms with van der Waals surface area (Å²) < 4.78 is 0. The van der Waals surface area contributed by atoms with Gasteiger partial charge < -0.3 is 16.0 Å². The highest BCUT2D eigenvalue weighted by molar-refractivity contribution is 6.27. The number of H-pyrrole nitrogens is 1. The molecule has 0 saturated heterocycles. The molecule has 3 aromatic heterocycles. The number of aromatic amines is 1. The number of hydrogen-bond donors (Lipinski definition) is 3. The third-order valence-electron chi connectivity index (χ3n) is 4.47. The number of aromatic nitrogens is 3. The van der Waals surface area contributed by atoms with Crippen molar-refractivity contribution in [3.63, 3.8) is 0 Å². The van der Waals surface area contributed by atoms with Gasteiger partial charge in [-0.25, -0.2) is 4.98 Å². The van der Waals surface area contributed by atoms with Crippen molar-refractivity contribution in [3.8, 4) is 0 Å². The van der Waals surface area contributed by atoms with Crippen molar-refractivity contribution < 1.29 is 4.79 Å². The summed E-state index contributed by atoms with van der Waals surface area (Å²) in [5.41, 5.74) is 10.2. The summed E-state index contributed by atoms with van der Waals surface area (Å²) in [6.07, 6.45) is 7.08. The number of carbonyl (C=O) groups excluding carboxylic acids is 1. The number of benzene rings is 1. The molecule has 1 aromatic carbocycles. The van der Waals surface area contributed by atoms with E-state index in [0.717, 1.165) is 27.7 Å². The van der Waals surface area contributed by atoms with E-state index in [1.165, 1.54) is 0 Å². The Hall–Kier alpha value is -3.93. The van der Waals surface area contributed by atoms with Crippen molar-refractivity contribution in [2.24, 2.45) is 5.73 Å². The molecule has 0 fully saturated rings. The van der Waals surface area contributed by atoms with Gasteiger partial charge in [-0.3, -0.25) is 9.78 Å². The van der Waals surface area contributed by atoms with Gasteiger partial charge in [-0.05, 0) is 29.3 Å². The van der Waals surface area contributed by atoms with Crippen LogP contribution in [0.1, 0.15) is 16.7 Å². The van der Waals surface area contributed by atoms with Gasteiger partial charge in [0, 0.05) is 42.3 Å². The second-order valence-electron chi connectivity index (χ2n) is 6.30. The predicted octanol–water partition coefficient (Wildman–Crippen LogP) is 3.10. The highest BCUT2D eigenvalue weighted by Crippen LogP contribution is 2.29. The maximum absolute atomic E-state index is 12.5. The summed E-state index contributed by atoms with van der Waals surface area (Å²) >= 11 is 0. The van der Waals surface area contributed by atoms with E-state index in [1.54, 1.807) is 18.6 Å². The van der Waals surface area contributed by atoms with Crippen LogP contribution in [0.2, 0.25) is 0 Å². The molecular weight excluding hydrogens is 350 g/mol. The SMILES string of the molecule is NC(=O)C(=C(NCc1cccnc1)c1c[nH]c2ncccc12)c1ccccc1. The number of amides is 1. The molecule has 0 atom stereocenters. The van der Waals surface area contributed by atoms with Gasteiger partial charge in [-0.1, -0.05) is 36.4 Å². The molecule has 0 spiro atoms. The molecule has 4 N–H and O–H groups in total. The van der Waals surface area contributed by atoms with Gasteiger partial charge >= 0.3 is 0 Å². The molecular formula is C22H19N5O. The highest BCUT2D eigenvalue weighted by atomic mass is 16.1. The zero-order chi connectivity index (χ0) is 19.3. The fourth-order valence-corrected chi connectivity index (χ4v) is 3.19. The monoisotopic (exact) mass is 369 g/mol. The quantitative estimate of drug-likeness (QED) is 0.455. The third kappa shape index (κ3) is 3.48. The number of rotatable bonds is 6. The average Bonchev–Trinajstić information content (AvgIpc) is 3.16. The number of hydrogen-bond acceptors (Lipinski definition) is 4. The average molecular weight is 369 g/mol. The molecule has 0 radical (unpaired) electrons. The molecule has 138 valence electrons. The lowest BCUT2D eigenvalue weighted by molar-refractivity contribution is -0.112. The Morgan fingerprint density at radius 2 is 1.86 bits per heavy atom. The van der Waals surface area contributed by atoms with Gasteiger partial charge in [0.05, 0.1) is 11.3 Å². The van der Waals surface area contributed by atoms with Crippen LogP contribution in [0, 0.1) is 0 Å². The first-order valence-electron chi connectivity index (χ1n) is 8.89. The van der Waals surface area contributed by atoms with Crippen LogP contribution in [0.4, 0.5) is 0 Å². The molecule has 0 aliphatic rings. The molecule has 28 heavy (non-hydrogen) atoms. The van der Waals surface area contributed by atoms with Crippen LogP contribution in [0.15, 0.2) is 79.4 Å². The maximum atomic E-state index is 12.5. The van der Waals surface area contributed by atoms with Crippen LogP contribution in [-0.4, -0.2) is 20.9 Å². The summed E-state index contributed by atoms with van der Waals surface area (Å²) in [6.45, 7) is 0.500. The first kappa shape index (κ1) is 17.5. The summed E-state index contributed by atoms with van der Waals surface area (Å²) in [5.74, 6) is -0.502. The zero-order valence-corrected chi connectivity index (χ0v) is 15.1. The Kier molecular flexibility index (Phi) is 4.84. The minimum absolute atomic E-state index is 0.425. The van der Waals surface area contributed by atoms with E-state index in [0.29, 0.717) is 17.8 Å². The van der Waals surface area contributed by atoms with Gasteiger partial charge in [0.2, 0.25) is 0 Å². The van der Waals surface area contributed by atoms with Crippen molar-refractivity contribution in [1.82, 2.24) is 20.3 Å². The number of primary amides is 1. The van der Waals surface area contributed by atoms with Gasteiger partial charge in [-0.15, -0.1) is 0 Å². The number of fused-ring (bicyclic) bond motifs is 1. The predicted molar refractivity (Wildman–Crippen MR) is 110 cm³/mol. The molecule has 0 saturated carbocycles. The fraction of sp³-hybridized carbons (Fsp3) is 0.0455. The Balaban J connectivity index is 1.88. The Morgan fingerprint density at radius 1 is 1.04 bits per heavy atom. The third-order valence-corrected chi connectivity index (χ3v) is 4.47. The van der Waals surface area contributed by atoms with Crippen molar-refractivity contribution in [2.75, 3.05) is 0 Å². The van der Waals surface area contributed by atoms with E-state index in [2.05, 4.69) is 20.3 Å². The van der Waals surface area contributed by atoms with Gasteiger partial charge in [0.15, 0.2) is 0 Å². The number of nitrogens with one attached hydrogen (secondary N) is 2. The molecule has 4 rings (SSSR count). The van der Waals surface area contributed by atoms with Crippen LogP contribution >= 0.6 is 0 Å². The topological polar surface area (TPSA) is 96.7 Å². The Morgan fingerprint density at radius 3 is 2.61 bits per heavy atom. The first-order valence-corrected chi connectivity index (χ1v) is 8.89. The molecule has 0 aliphatic heterocycles. The van der Waals surface area contributed by atoms with Gasteiger partial charge in [0.1, 0.15) is 5.65 Å². The molecule has 0 bridgehead atoms. The van der Waals surface area contributed by atoms with E-state index in [-0.39, 0.29) is 0 Å². The van der Waals surface area contributed by atoms with Crippen LogP contribution in [0.3, 0.4) is 0 Å². The largest absolute Gasteiger partial charge is 0.380 e. The van der Waals surface area contributed by atoms with Crippen molar-refractivity contribution >= 4 is 28.2 Å². The normalized spacial score (nSPS) is 11.9. The van der Waals surface area contributed by atoms with Gasteiger partial charge in [-0.2, -0.15) is 0 Å². The smallest absolute Gasteiger partial charge is 0.251 e. The molecule has 6 heteroatoms. The lowest BCUT2D eigenvalue weighted by Crippen LogP contribution is -2.21. The summed E-state index contributed by atoms with van der Waals surface area (Å²) in [6, 6.07) is 17.1. The number of nitrogens with two attached hydrogens (primary N) is 1. The van der Waals surface area contributed by atoms with E-state index >= 15 is 0 Å². The van der Waals surface area contributed by atoms with Crippen LogP contribution in [0.5, 0.6) is 0 Å². The van der Waals surface area contributed by atoms with Crippen LogP contribution in [0.25, 0.3) is 22.3 Å². The fourth-order valence-electron chi connectivity index (χ4n) is 3.19. The minimum Gasteiger partial charge on any atom is -0.380 e. The van der Waals surface area contributed by atoms with Crippen molar-refractivity contribution in [1.29, 1.82) is 0 Å². The Bertz CT molecular complexity index is 1130. The van der Waals surface area contributed by atoms with Crippen LogP contribution in [-0.2, 0) is 11.3 Å². The summed E-state index contributed by atoms with van der Waals surface area (Å²) in [4.78, 5) is 24.1. The first-order chi connectivity index (χ1) is 13.7. The van der Waals surface area contributed by atoms with Crippen molar-refractivity contribution in [2.45, 2.75) is 6.54 Å². The second kappa shape index (κ2) is 7.75. The molecule has 6 nitrogen and oxygen atoms in total. The molecule has 0 unspecified atom stereocenters. The highest BCUT2D eigenvalue weighted by Gasteiger charge is 2.19. The molecule has 3 heterocycles. The maximum Gasteiger partial charge on any atom is 0.251 e. The molecule has 0 aliphatic carbocycles.